The second-order valence-corrected chi connectivity index (χ2v) is 11.4. The van der Waals surface area contributed by atoms with Gasteiger partial charge in [-0.2, -0.15) is 0 Å². The number of nitrogens with zero attached hydrogens (tertiary/aromatic N) is 3. The molecule has 1 fully saturated rings. The first-order chi connectivity index (χ1) is 21.4. The molecule has 44 heavy (non-hydrogen) atoms. The maximum atomic E-state index is 12.9. The van der Waals surface area contributed by atoms with Gasteiger partial charge in [-0.15, -0.1) is 0 Å². The number of carbonyl (C=O) groups is 2. The first-order valence-corrected chi connectivity index (χ1v) is 15.0. The fraction of sp³-hybridized carbons (Fsp3) is 0.242. The van der Waals surface area contributed by atoms with Crippen LogP contribution in [0.25, 0.3) is 0 Å². The minimum Gasteiger partial charge on any atom is -0.454 e. The van der Waals surface area contributed by atoms with Crippen LogP contribution in [-0.2, 0) is 17.8 Å². The van der Waals surface area contributed by atoms with Gasteiger partial charge in [-0.25, -0.2) is 4.98 Å². The Kier molecular flexibility index (Phi) is 9.16. The molecular weight excluding hydrogens is 603 g/mol. The van der Waals surface area contributed by atoms with Crippen LogP contribution in [0, 0.1) is 0 Å². The average molecular weight is 634 g/mol. The molecule has 4 aromatic rings. The number of carbonyl (C=O) groups excluding carboxylic acids is 2. The lowest BCUT2D eigenvalue weighted by molar-refractivity contribution is -0.133. The zero-order valence-electron chi connectivity index (χ0n) is 23.8. The number of hydrogen-bond donors (Lipinski definition) is 1. The van der Waals surface area contributed by atoms with Gasteiger partial charge >= 0.3 is 0 Å². The Bertz CT molecular complexity index is 1640. The van der Waals surface area contributed by atoms with Crippen LogP contribution in [0.15, 0.2) is 79.0 Å². The molecule has 1 N–H and O–H groups in total. The molecule has 0 unspecified atom stereocenters. The summed E-state index contributed by atoms with van der Waals surface area (Å²) < 4.78 is 16.7. The molecule has 6 rings (SSSR count). The summed E-state index contributed by atoms with van der Waals surface area (Å²) in [6.07, 6.45) is 2.55. The number of rotatable bonds is 9. The summed E-state index contributed by atoms with van der Waals surface area (Å²) in [7, 11) is 0. The van der Waals surface area contributed by atoms with Gasteiger partial charge in [-0.3, -0.25) is 14.5 Å². The number of pyridine rings is 1. The maximum absolute atomic E-state index is 12.9. The van der Waals surface area contributed by atoms with Crippen molar-refractivity contribution >= 4 is 40.7 Å². The molecule has 2 amide bonds. The van der Waals surface area contributed by atoms with E-state index in [9.17, 15) is 9.59 Å². The summed E-state index contributed by atoms with van der Waals surface area (Å²) in [5, 5.41) is 3.53. The van der Waals surface area contributed by atoms with E-state index in [0.29, 0.717) is 45.8 Å². The number of amides is 2. The smallest absolute Gasteiger partial charge is 0.257 e. The molecule has 3 aromatic carbocycles. The normalized spacial score (nSPS) is 14.4. The fourth-order valence-electron chi connectivity index (χ4n) is 5.06. The van der Waals surface area contributed by atoms with E-state index in [1.807, 2.05) is 41.3 Å². The van der Waals surface area contributed by atoms with Gasteiger partial charge in [0, 0.05) is 57.1 Å². The predicted molar refractivity (Wildman–Crippen MR) is 168 cm³/mol. The first kappa shape index (κ1) is 29.7. The SMILES string of the molecule is O=C(Nc1ccc(Cl)c(Cl)c1)c1ccc(Oc2ccc(CCC(=O)N3CCN(Cc4ccc5c(c4)OCO5)CC3)cc2)nc1. The number of piperazine rings is 1. The lowest BCUT2D eigenvalue weighted by atomic mass is 10.1. The van der Waals surface area contributed by atoms with E-state index in [2.05, 4.69) is 21.3 Å². The van der Waals surface area contributed by atoms with Gasteiger partial charge in [0.25, 0.3) is 5.91 Å². The highest BCUT2D eigenvalue weighted by Gasteiger charge is 2.22. The zero-order valence-corrected chi connectivity index (χ0v) is 25.3. The molecule has 0 spiro atoms. The molecule has 0 aliphatic carbocycles. The van der Waals surface area contributed by atoms with Gasteiger partial charge in [-0.1, -0.05) is 41.4 Å². The third kappa shape index (κ3) is 7.42. The van der Waals surface area contributed by atoms with E-state index in [1.54, 1.807) is 30.3 Å². The van der Waals surface area contributed by atoms with Crippen molar-refractivity contribution in [2.75, 3.05) is 38.3 Å². The van der Waals surface area contributed by atoms with Crippen LogP contribution in [0.2, 0.25) is 10.0 Å². The van der Waals surface area contributed by atoms with Crippen LogP contribution in [0.1, 0.15) is 27.9 Å². The molecule has 1 aromatic heterocycles. The Morgan fingerprint density at radius 3 is 2.36 bits per heavy atom. The predicted octanol–water partition coefficient (Wildman–Crippen LogP) is 6.44. The minimum atomic E-state index is -0.329. The van der Waals surface area contributed by atoms with Gasteiger partial charge in [0.05, 0.1) is 15.6 Å². The number of nitrogens with one attached hydrogen (secondary N) is 1. The van der Waals surface area contributed by atoms with Gasteiger partial charge in [-0.05, 0) is 66.1 Å². The summed E-state index contributed by atoms with van der Waals surface area (Å²) in [5.74, 6) is 2.39. The number of aryl methyl sites for hydroxylation is 1. The van der Waals surface area contributed by atoms with Crippen molar-refractivity contribution in [2.45, 2.75) is 19.4 Å². The highest BCUT2D eigenvalue weighted by atomic mass is 35.5. The fourth-order valence-corrected chi connectivity index (χ4v) is 5.36. The zero-order chi connectivity index (χ0) is 30.5. The van der Waals surface area contributed by atoms with Crippen LogP contribution in [0.5, 0.6) is 23.1 Å². The van der Waals surface area contributed by atoms with E-state index in [1.165, 1.54) is 11.8 Å². The minimum absolute atomic E-state index is 0.167. The van der Waals surface area contributed by atoms with E-state index in [4.69, 9.17) is 37.4 Å². The summed E-state index contributed by atoms with van der Waals surface area (Å²) in [5.41, 5.74) is 3.13. The third-order valence-corrected chi connectivity index (χ3v) is 8.26. The molecule has 0 atom stereocenters. The van der Waals surface area contributed by atoms with Gasteiger partial charge in [0.15, 0.2) is 11.5 Å². The number of benzene rings is 3. The summed E-state index contributed by atoms with van der Waals surface area (Å²) >= 11 is 11.9. The Morgan fingerprint density at radius 2 is 1.61 bits per heavy atom. The quantitative estimate of drug-likeness (QED) is 0.227. The number of anilines is 1. The van der Waals surface area contributed by atoms with Crippen molar-refractivity contribution in [3.63, 3.8) is 0 Å². The molecule has 3 heterocycles. The third-order valence-electron chi connectivity index (χ3n) is 7.52. The summed E-state index contributed by atoms with van der Waals surface area (Å²) in [6.45, 7) is 4.21. The molecule has 226 valence electrons. The van der Waals surface area contributed by atoms with Crippen LogP contribution in [0.3, 0.4) is 0 Å². The number of fused-ring (bicyclic) bond motifs is 1. The molecule has 2 aliphatic heterocycles. The Balaban J connectivity index is 0.928. The number of halogens is 2. The van der Waals surface area contributed by atoms with Crippen molar-refractivity contribution < 1.29 is 23.8 Å². The van der Waals surface area contributed by atoms with Crippen LogP contribution in [0.4, 0.5) is 5.69 Å². The Morgan fingerprint density at radius 1 is 0.841 bits per heavy atom. The van der Waals surface area contributed by atoms with Crippen LogP contribution < -0.4 is 19.5 Å². The first-order valence-electron chi connectivity index (χ1n) is 14.3. The number of aromatic nitrogens is 1. The van der Waals surface area contributed by atoms with Crippen molar-refractivity contribution in [1.29, 1.82) is 0 Å². The van der Waals surface area contributed by atoms with Gasteiger partial charge in [0.1, 0.15) is 5.75 Å². The Labute approximate surface area is 265 Å². The highest BCUT2D eigenvalue weighted by molar-refractivity contribution is 6.42. The highest BCUT2D eigenvalue weighted by Crippen LogP contribution is 2.33. The largest absolute Gasteiger partial charge is 0.454 e. The number of hydrogen-bond acceptors (Lipinski definition) is 7. The van der Waals surface area contributed by atoms with Crippen LogP contribution >= 0.6 is 23.2 Å². The van der Waals surface area contributed by atoms with E-state index >= 15 is 0 Å². The van der Waals surface area contributed by atoms with E-state index in [-0.39, 0.29) is 18.6 Å². The monoisotopic (exact) mass is 632 g/mol. The number of ether oxygens (including phenoxy) is 3. The molecule has 0 bridgehead atoms. The van der Waals surface area contributed by atoms with E-state index < -0.39 is 0 Å². The standard InChI is InChI=1S/C33H30Cl2N4O5/c34-27-9-6-25(18-28(27)35)37-33(41)24-5-11-31(36-19-24)44-26-7-1-22(2-8-26)4-12-32(40)39-15-13-38(14-16-39)20-23-3-10-29-30(17-23)43-21-42-29/h1-3,5-11,17-19H,4,12-16,20-21H2,(H,37,41). The molecular formula is C33H30Cl2N4O5. The van der Waals surface area contributed by atoms with Crippen molar-refractivity contribution in [1.82, 2.24) is 14.8 Å². The second-order valence-electron chi connectivity index (χ2n) is 10.6. The van der Waals surface area contributed by atoms with Crippen LogP contribution in [-0.4, -0.2) is 59.6 Å². The summed E-state index contributed by atoms with van der Waals surface area (Å²) in [4.78, 5) is 34.0. The summed E-state index contributed by atoms with van der Waals surface area (Å²) in [6, 6.07) is 21.8. The molecule has 0 radical (unpaired) electrons. The topological polar surface area (TPSA) is 93.2 Å². The lowest BCUT2D eigenvalue weighted by Gasteiger charge is -2.34. The molecule has 2 aliphatic rings. The molecule has 11 heteroatoms. The molecule has 0 saturated carbocycles. The van der Waals surface area contributed by atoms with Crippen molar-refractivity contribution in [2.24, 2.45) is 0 Å². The lowest BCUT2D eigenvalue weighted by Crippen LogP contribution is -2.48. The van der Waals surface area contributed by atoms with E-state index in [0.717, 1.165) is 49.8 Å². The molecule has 1 saturated heterocycles. The Hall–Kier alpha value is -4.31. The second kappa shape index (κ2) is 13.5. The molecule has 9 nitrogen and oxygen atoms in total. The van der Waals surface area contributed by atoms with Crippen molar-refractivity contribution in [3.05, 3.63) is 106 Å². The van der Waals surface area contributed by atoms with Gasteiger partial charge in [0.2, 0.25) is 18.6 Å². The average Bonchev–Trinajstić information content (AvgIpc) is 3.51. The maximum Gasteiger partial charge on any atom is 0.257 e. The van der Waals surface area contributed by atoms with Crippen molar-refractivity contribution in [3.8, 4) is 23.1 Å². The van der Waals surface area contributed by atoms with Gasteiger partial charge < -0.3 is 24.4 Å².